The van der Waals surface area contributed by atoms with Crippen molar-refractivity contribution in [3.8, 4) is 5.75 Å². The van der Waals surface area contributed by atoms with Crippen LogP contribution in [-0.2, 0) is 14.3 Å². The van der Waals surface area contributed by atoms with Crippen LogP contribution in [0.15, 0.2) is 34.9 Å². The van der Waals surface area contributed by atoms with E-state index in [4.69, 9.17) is 9.47 Å². The maximum absolute atomic E-state index is 14.1. The lowest BCUT2D eigenvalue weighted by atomic mass is 10.1. The highest BCUT2D eigenvalue weighted by atomic mass is 19.2. The number of esters is 1. The number of benzene rings is 2. The number of nitrogens with zero attached hydrogens (tertiary/aromatic N) is 2. The molecule has 0 fully saturated rings. The maximum atomic E-state index is 14.1. The van der Waals surface area contributed by atoms with Gasteiger partial charge in [0.25, 0.3) is 5.91 Å². The largest absolute Gasteiger partial charge is 0.481 e. The van der Waals surface area contributed by atoms with Crippen LogP contribution in [0.3, 0.4) is 0 Å². The zero-order valence-corrected chi connectivity index (χ0v) is 16.7. The molecule has 1 aliphatic heterocycles. The van der Waals surface area contributed by atoms with Gasteiger partial charge in [-0.05, 0) is 26.0 Å². The molecule has 0 radical (unpaired) electrons. The third kappa shape index (κ3) is 4.18. The molecule has 32 heavy (non-hydrogen) atoms. The molecule has 2 aromatic carbocycles. The van der Waals surface area contributed by atoms with Gasteiger partial charge in [-0.2, -0.15) is 10.1 Å². The predicted molar refractivity (Wildman–Crippen MR) is 103 cm³/mol. The number of halogens is 5. The van der Waals surface area contributed by atoms with Crippen LogP contribution in [0.25, 0.3) is 6.08 Å². The third-order valence-corrected chi connectivity index (χ3v) is 4.33. The SMILES string of the molecule is CCOC(=O)COc1ccccc1/C=C1\C(=O)N(c2c(F)c(F)c(F)c(F)c2F)N=C1C. The fraction of sp³-hybridized carbons (Fsp3) is 0.190. The summed E-state index contributed by atoms with van der Waals surface area (Å²) in [5.41, 5.74) is -1.41. The van der Waals surface area contributed by atoms with Crippen LogP contribution in [0.4, 0.5) is 27.6 Å². The number of amides is 1. The number of ether oxygens (including phenoxy) is 2. The standard InChI is InChI=1S/C21H15F5N2O4/c1-3-31-14(29)9-32-13-7-5-4-6-11(13)8-12-10(2)27-28(21(12)30)20-18(25)16(23)15(22)17(24)19(20)26/h4-8H,3,9H2,1-2H3/b12-8-. The molecule has 0 saturated heterocycles. The number of hydrazone groups is 1. The van der Waals surface area contributed by atoms with Gasteiger partial charge in [0.1, 0.15) is 11.4 Å². The summed E-state index contributed by atoms with van der Waals surface area (Å²) >= 11 is 0. The molecule has 3 rings (SSSR count). The third-order valence-electron chi connectivity index (χ3n) is 4.33. The van der Waals surface area contributed by atoms with Gasteiger partial charge < -0.3 is 9.47 Å². The molecule has 0 spiro atoms. The van der Waals surface area contributed by atoms with Gasteiger partial charge in [-0.25, -0.2) is 26.7 Å². The topological polar surface area (TPSA) is 68.2 Å². The van der Waals surface area contributed by atoms with Gasteiger partial charge in [-0.3, -0.25) is 4.79 Å². The summed E-state index contributed by atoms with van der Waals surface area (Å²) in [6, 6.07) is 6.22. The number of anilines is 1. The van der Waals surface area contributed by atoms with E-state index < -0.39 is 53.3 Å². The number of carbonyl (C=O) groups is 2. The summed E-state index contributed by atoms with van der Waals surface area (Å²) in [5, 5.41) is 3.77. The summed E-state index contributed by atoms with van der Waals surface area (Å²) in [5.74, 6) is -12.7. The zero-order chi connectivity index (χ0) is 23.6. The summed E-state index contributed by atoms with van der Waals surface area (Å²) in [6.45, 7) is 2.69. The molecule has 0 aromatic heterocycles. The lowest BCUT2D eigenvalue weighted by molar-refractivity contribution is -0.145. The Morgan fingerprint density at radius 1 is 1.03 bits per heavy atom. The average molecular weight is 454 g/mol. The van der Waals surface area contributed by atoms with Crippen LogP contribution < -0.4 is 9.75 Å². The van der Waals surface area contributed by atoms with Gasteiger partial charge in [0, 0.05) is 5.56 Å². The van der Waals surface area contributed by atoms with E-state index in [1.807, 2.05) is 0 Å². The second kappa shape index (κ2) is 9.16. The Labute approximate surface area is 178 Å². The number of hydrogen-bond acceptors (Lipinski definition) is 5. The molecule has 1 aliphatic rings. The minimum absolute atomic E-state index is 0.0425. The molecule has 168 valence electrons. The Balaban J connectivity index is 1.97. The van der Waals surface area contributed by atoms with Gasteiger partial charge in [-0.15, -0.1) is 0 Å². The van der Waals surface area contributed by atoms with Crippen LogP contribution in [-0.4, -0.2) is 30.8 Å². The smallest absolute Gasteiger partial charge is 0.344 e. The van der Waals surface area contributed by atoms with E-state index in [2.05, 4.69) is 5.10 Å². The Morgan fingerprint density at radius 3 is 2.25 bits per heavy atom. The second-order valence-corrected chi connectivity index (χ2v) is 6.41. The van der Waals surface area contributed by atoms with Crippen LogP contribution in [0.2, 0.25) is 0 Å². The van der Waals surface area contributed by atoms with E-state index in [1.165, 1.54) is 25.1 Å². The monoisotopic (exact) mass is 454 g/mol. The lowest BCUT2D eigenvalue weighted by Crippen LogP contribution is -2.25. The predicted octanol–water partition coefficient (Wildman–Crippen LogP) is 4.13. The first kappa shape index (κ1) is 22.9. The van der Waals surface area contributed by atoms with Crippen molar-refractivity contribution in [2.24, 2.45) is 5.10 Å². The Kier molecular flexibility index (Phi) is 6.56. The quantitative estimate of drug-likeness (QED) is 0.217. The van der Waals surface area contributed by atoms with Crippen molar-refractivity contribution in [3.63, 3.8) is 0 Å². The highest BCUT2D eigenvalue weighted by Crippen LogP contribution is 2.34. The molecule has 11 heteroatoms. The maximum Gasteiger partial charge on any atom is 0.344 e. The number of rotatable bonds is 6. The molecule has 0 N–H and O–H groups in total. The molecule has 1 amide bonds. The summed E-state index contributed by atoms with van der Waals surface area (Å²) in [7, 11) is 0. The Morgan fingerprint density at radius 2 is 1.62 bits per heavy atom. The molecular weight excluding hydrogens is 439 g/mol. The van der Waals surface area contributed by atoms with Crippen molar-refractivity contribution in [2.75, 3.05) is 18.2 Å². The first-order valence-corrected chi connectivity index (χ1v) is 9.17. The van der Waals surface area contributed by atoms with Crippen molar-refractivity contribution in [3.05, 3.63) is 64.5 Å². The minimum atomic E-state index is -2.35. The second-order valence-electron chi connectivity index (χ2n) is 6.41. The zero-order valence-electron chi connectivity index (χ0n) is 16.7. The summed E-state index contributed by atoms with van der Waals surface area (Å²) in [4.78, 5) is 24.3. The normalized spacial score (nSPS) is 14.7. The number of para-hydroxylation sites is 1. The fourth-order valence-electron chi connectivity index (χ4n) is 2.84. The van der Waals surface area contributed by atoms with E-state index >= 15 is 0 Å². The molecule has 0 bridgehead atoms. The highest BCUT2D eigenvalue weighted by Gasteiger charge is 2.37. The van der Waals surface area contributed by atoms with Crippen molar-refractivity contribution in [1.82, 2.24) is 0 Å². The lowest BCUT2D eigenvalue weighted by Gasteiger charge is -2.15. The van der Waals surface area contributed by atoms with Gasteiger partial charge in [0.15, 0.2) is 29.9 Å². The van der Waals surface area contributed by atoms with Gasteiger partial charge in [0.05, 0.1) is 17.9 Å². The molecule has 0 unspecified atom stereocenters. The van der Waals surface area contributed by atoms with Crippen LogP contribution in [0, 0.1) is 29.1 Å². The number of hydrogen-bond donors (Lipinski definition) is 0. The highest BCUT2D eigenvalue weighted by molar-refractivity contribution is 6.32. The molecule has 0 atom stereocenters. The Bertz CT molecular complexity index is 1130. The van der Waals surface area contributed by atoms with Crippen LogP contribution >= 0.6 is 0 Å². The van der Waals surface area contributed by atoms with Crippen molar-refractivity contribution in [1.29, 1.82) is 0 Å². The van der Waals surface area contributed by atoms with Gasteiger partial charge in [-0.1, -0.05) is 18.2 Å². The van der Waals surface area contributed by atoms with Crippen molar-refractivity contribution in [2.45, 2.75) is 13.8 Å². The van der Waals surface area contributed by atoms with Crippen LogP contribution in [0.1, 0.15) is 19.4 Å². The summed E-state index contributed by atoms with van der Waals surface area (Å²) < 4.78 is 78.9. The molecule has 6 nitrogen and oxygen atoms in total. The average Bonchev–Trinajstić information content (AvgIpc) is 3.04. The van der Waals surface area contributed by atoms with E-state index in [1.54, 1.807) is 19.1 Å². The minimum Gasteiger partial charge on any atom is -0.481 e. The van der Waals surface area contributed by atoms with Crippen molar-refractivity contribution < 1.29 is 41.0 Å². The van der Waals surface area contributed by atoms with E-state index in [0.717, 1.165) is 0 Å². The molecule has 0 aliphatic carbocycles. The first-order chi connectivity index (χ1) is 15.2. The van der Waals surface area contributed by atoms with E-state index in [0.29, 0.717) is 5.56 Å². The molecule has 2 aromatic rings. The summed E-state index contributed by atoms with van der Waals surface area (Å²) in [6.07, 6.45) is 1.26. The van der Waals surface area contributed by atoms with Crippen LogP contribution in [0.5, 0.6) is 5.75 Å². The van der Waals surface area contributed by atoms with Crippen molar-refractivity contribution >= 4 is 29.4 Å². The van der Waals surface area contributed by atoms with Gasteiger partial charge >= 0.3 is 5.97 Å². The molecule has 0 saturated carbocycles. The van der Waals surface area contributed by atoms with E-state index in [9.17, 15) is 31.5 Å². The fourth-order valence-corrected chi connectivity index (χ4v) is 2.84. The van der Waals surface area contributed by atoms with Gasteiger partial charge in [0.2, 0.25) is 5.82 Å². The molecular formula is C21H15F5N2O4. The first-order valence-electron chi connectivity index (χ1n) is 9.17. The number of carbonyl (C=O) groups excluding carboxylic acids is 2. The molecule has 1 heterocycles. The van der Waals surface area contributed by atoms with E-state index in [-0.39, 0.29) is 28.7 Å². The Hall–Kier alpha value is -3.76.